The Morgan fingerprint density at radius 1 is 1.46 bits per heavy atom. The summed E-state index contributed by atoms with van der Waals surface area (Å²) < 4.78 is 0. The summed E-state index contributed by atoms with van der Waals surface area (Å²) in [5.74, 6) is 0. The van der Waals surface area contributed by atoms with Crippen molar-refractivity contribution >= 4 is 17.3 Å². The highest BCUT2D eigenvalue weighted by Crippen LogP contribution is 2.27. The zero-order valence-electron chi connectivity index (χ0n) is 7.39. The molecule has 1 aromatic carbocycles. The SMILES string of the molecule is Nc1cc([C@@H]2CCCN2)ccc1Cl. The molecule has 1 fully saturated rings. The summed E-state index contributed by atoms with van der Waals surface area (Å²) in [7, 11) is 0. The lowest BCUT2D eigenvalue weighted by atomic mass is 10.1. The summed E-state index contributed by atoms with van der Waals surface area (Å²) in [6.07, 6.45) is 2.44. The zero-order chi connectivity index (χ0) is 9.26. The fourth-order valence-corrected chi connectivity index (χ4v) is 1.87. The van der Waals surface area contributed by atoms with Crippen LogP contribution in [0.2, 0.25) is 5.02 Å². The highest BCUT2D eigenvalue weighted by atomic mass is 35.5. The first kappa shape index (κ1) is 8.85. The van der Waals surface area contributed by atoms with Crippen molar-refractivity contribution in [3.05, 3.63) is 28.8 Å². The lowest BCUT2D eigenvalue weighted by Gasteiger charge is -2.11. The second kappa shape index (κ2) is 3.56. The molecule has 0 aromatic heterocycles. The Labute approximate surface area is 83.1 Å². The van der Waals surface area contributed by atoms with Gasteiger partial charge in [0, 0.05) is 6.04 Å². The van der Waals surface area contributed by atoms with Gasteiger partial charge < -0.3 is 11.1 Å². The lowest BCUT2D eigenvalue weighted by molar-refractivity contribution is 0.648. The van der Waals surface area contributed by atoms with Gasteiger partial charge in [0.1, 0.15) is 0 Å². The van der Waals surface area contributed by atoms with Crippen LogP contribution in [0.5, 0.6) is 0 Å². The molecule has 0 spiro atoms. The van der Waals surface area contributed by atoms with Crippen LogP contribution in [0, 0.1) is 0 Å². The normalized spacial score (nSPS) is 22.1. The fraction of sp³-hybridized carbons (Fsp3) is 0.400. The Morgan fingerprint density at radius 2 is 2.31 bits per heavy atom. The minimum absolute atomic E-state index is 0.472. The van der Waals surface area contributed by atoms with Gasteiger partial charge in [0.25, 0.3) is 0 Å². The van der Waals surface area contributed by atoms with Gasteiger partial charge in [-0.25, -0.2) is 0 Å². The van der Waals surface area contributed by atoms with Crippen molar-refractivity contribution in [1.29, 1.82) is 0 Å². The lowest BCUT2D eigenvalue weighted by Crippen LogP contribution is -2.12. The van der Waals surface area contributed by atoms with Crippen molar-refractivity contribution in [2.45, 2.75) is 18.9 Å². The van der Waals surface area contributed by atoms with E-state index in [1.165, 1.54) is 18.4 Å². The fourth-order valence-electron chi connectivity index (χ4n) is 1.75. The highest BCUT2D eigenvalue weighted by Gasteiger charge is 2.16. The van der Waals surface area contributed by atoms with Gasteiger partial charge in [-0.3, -0.25) is 0 Å². The van der Waals surface area contributed by atoms with E-state index in [2.05, 4.69) is 5.32 Å². The number of nitrogen functional groups attached to an aromatic ring is 1. The molecule has 1 heterocycles. The van der Waals surface area contributed by atoms with Crippen molar-refractivity contribution in [3.8, 4) is 0 Å². The topological polar surface area (TPSA) is 38.0 Å². The molecule has 1 atom stereocenters. The van der Waals surface area contributed by atoms with Gasteiger partial charge in [0.2, 0.25) is 0 Å². The molecular formula is C10H13ClN2. The molecule has 3 heteroatoms. The molecule has 0 saturated carbocycles. The molecule has 0 amide bonds. The van der Waals surface area contributed by atoms with Crippen LogP contribution >= 0.6 is 11.6 Å². The molecule has 0 bridgehead atoms. The second-order valence-corrected chi connectivity index (χ2v) is 3.84. The largest absolute Gasteiger partial charge is 0.398 e. The Hall–Kier alpha value is -0.730. The monoisotopic (exact) mass is 196 g/mol. The van der Waals surface area contributed by atoms with Crippen molar-refractivity contribution in [1.82, 2.24) is 5.32 Å². The second-order valence-electron chi connectivity index (χ2n) is 3.43. The minimum atomic E-state index is 0.472. The Morgan fingerprint density at radius 3 is 2.92 bits per heavy atom. The van der Waals surface area contributed by atoms with Gasteiger partial charge in [0.15, 0.2) is 0 Å². The first-order valence-electron chi connectivity index (χ1n) is 4.55. The van der Waals surface area contributed by atoms with E-state index in [1.54, 1.807) is 0 Å². The molecule has 0 radical (unpaired) electrons. The number of benzene rings is 1. The average Bonchev–Trinajstić information content (AvgIpc) is 2.62. The molecular weight excluding hydrogens is 184 g/mol. The molecule has 0 unspecified atom stereocenters. The molecule has 1 aromatic rings. The van der Waals surface area contributed by atoms with E-state index in [4.69, 9.17) is 17.3 Å². The molecule has 1 saturated heterocycles. The first-order valence-corrected chi connectivity index (χ1v) is 4.93. The Kier molecular flexibility index (Phi) is 2.42. The van der Waals surface area contributed by atoms with E-state index in [0.29, 0.717) is 16.8 Å². The molecule has 70 valence electrons. The van der Waals surface area contributed by atoms with Crippen LogP contribution in [0.25, 0.3) is 0 Å². The van der Waals surface area contributed by atoms with Gasteiger partial charge in [-0.1, -0.05) is 17.7 Å². The van der Waals surface area contributed by atoms with Crippen molar-refractivity contribution in [3.63, 3.8) is 0 Å². The highest BCUT2D eigenvalue weighted by molar-refractivity contribution is 6.33. The van der Waals surface area contributed by atoms with Gasteiger partial charge in [0.05, 0.1) is 10.7 Å². The first-order chi connectivity index (χ1) is 6.27. The minimum Gasteiger partial charge on any atom is -0.398 e. The maximum absolute atomic E-state index is 5.84. The van der Waals surface area contributed by atoms with E-state index in [9.17, 15) is 0 Å². The summed E-state index contributed by atoms with van der Waals surface area (Å²) in [4.78, 5) is 0. The number of hydrogen-bond donors (Lipinski definition) is 2. The van der Waals surface area contributed by atoms with Gasteiger partial charge in [-0.05, 0) is 37.1 Å². The van der Waals surface area contributed by atoms with Gasteiger partial charge in [-0.2, -0.15) is 0 Å². The number of halogens is 1. The van der Waals surface area contributed by atoms with E-state index in [0.717, 1.165) is 6.54 Å². The maximum atomic E-state index is 5.84. The molecule has 3 N–H and O–H groups in total. The number of nitrogens with one attached hydrogen (secondary N) is 1. The third-order valence-corrected chi connectivity index (χ3v) is 2.83. The Bertz CT molecular complexity index is 306. The summed E-state index contributed by atoms with van der Waals surface area (Å²) in [5.41, 5.74) is 7.65. The van der Waals surface area contributed by atoms with E-state index in [1.807, 2.05) is 18.2 Å². The average molecular weight is 197 g/mol. The van der Waals surface area contributed by atoms with Crippen molar-refractivity contribution in [2.24, 2.45) is 0 Å². The summed E-state index contributed by atoms with van der Waals surface area (Å²) in [6, 6.07) is 6.35. The van der Waals surface area contributed by atoms with Crippen LogP contribution < -0.4 is 11.1 Å². The number of rotatable bonds is 1. The van der Waals surface area contributed by atoms with Crippen molar-refractivity contribution < 1.29 is 0 Å². The quantitative estimate of drug-likeness (QED) is 0.677. The van der Waals surface area contributed by atoms with Crippen LogP contribution in [0.4, 0.5) is 5.69 Å². The van der Waals surface area contributed by atoms with Crippen LogP contribution in [0.3, 0.4) is 0 Å². The van der Waals surface area contributed by atoms with Crippen LogP contribution in [0.15, 0.2) is 18.2 Å². The zero-order valence-corrected chi connectivity index (χ0v) is 8.14. The van der Waals surface area contributed by atoms with Gasteiger partial charge in [-0.15, -0.1) is 0 Å². The molecule has 2 rings (SSSR count). The molecule has 0 aliphatic carbocycles. The summed E-state index contributed by atoms with van der Waals surface area (Å²) >= 11 is 5.84. The predicted molar refractivity (Wildman–Crippen MR) is 55.8 cm³/mol. The van der Waals surface area contributed by atoms with Crippen LogP contribution in [0.1, 0.15) is 24.4 Å². The molecule has 1 aliphatic heterocycles. The molecule has 2 nitrogen and oxygen atoms in total. The Balaban J connectivity index is 2.25. The summed E-state index contributed by atoms with van der Waals surface area (Å²) in [5, 5.41) is 4.06. The van der Waals surface area contributed by atoms with E-state index in [-0.39, 0.29) is 0 Å². The third kappa shape index (κ3) is 1.79. The van der Waals surface area contributed by atoms with Crippen LogP contribution in [-0.2, 0) is 0 Å². The maximum Gasteiger partial charge on any atom is 0.0635 e. The standard InChI is InChI=1S/C10H13ClN2/c11-8-4-3-7(6-9(8)12)10-2-1-5-13-10/h3-4,6,10,13H,1-2,5,12H2/t10-/m0/s1. The number of anilines is 1. The third-order valence-electron chi connectivity index (χ3n) is 2.48. The number of nitrogens with two attached hydrogens (primary N) is 1. The molecule has 13 heavy (non-hydrogen) atoms. The summed E-state index contributed by atoms with van der Waals surface area (Å²) in [6.45, 7) is 1.10. The van der Waals surface area contributed by atoms with Crippen LogP contribution in [-0.4, -0.2) is 6.54 Å². The predicted octanol–water partition coefficient (Wildman–Crippen LogP) is 2.35. The van der Waals surface area contributed by atoms with Gasteiger partial charge >= 0.3 is 0 Å². The van der Waals surface area contributed by atoms with E-state index < -0.39 is 0 Å². The van der Waals surface area contributed by atoms with Crippen molar-refractivity contribution in [2.75, 3.05) is 12.3 Å². The molecule has 1 aliphatic rings. The smallest absolute Gasteiger partial charge is 0.0635 e. The number of hydrogen-bond acceptors (Lipinski definition) is 2. The van der Waals surface area contributed by atoms with E-state index >= 15 is 0 Å².